The van der Waals surface area contributed by atoms with Gasteiger partial charge >= 0.3 is 0 Å². The first-order valence-corrected chi connectivity index (χ1v) is 10.2. The highest BCUT2D eigenvalue weighted by atomic mass is 32.2. The summed E-state index contributed by atoms with van der Waals surface area (Å²) in [5.41, 5.74) is 1.23. The molecule has 0 atom stereocenters. The summed E-state index contributed by atoms with van der Waals surface area (Å²) in [6, 6.07) is 6.22. The van der Waals surface area contributed by atoms with E-state index in [0.717, 1.165) is 10.6 Å². The number of aryl methyl sites for hydroxylation is 1. The molecular weight excluding hydrogens is 371 g/mol. The standard InChI is InChI=1S/C18H23FN4O3S/c1-14-18(17(26-20-14)8-9-21(2)3)27(24,25)23-12-10-22(11-13-23)16-6-4-15(19)5-7-16/h4-9H,10-13H2,1-3H3/p+1. The van der Waals surface area contributed by atoms with E-state index in [1.54, 1.807) is 31.3 Å². The largest absolute Gasteiger partial charge is 0.369 e. The third kappa shape index (κ3) is 4.20. The van der Waals surface area contributed by atoms with Gasteiger partial charge in [-0.05, 0) is 31.2 Å². The number of nitrogens with one attached hydrogen (secondary N) is 1. The number of quaternary nitrogens is 1. The lowest BCUT2D eigenvalue weighted by molar-refractivity contribution is -0.800. The second-order valence-corrected chi connectivity index (χ2v) is 8.61. The van der Waals surface area contributed by atoms with Crippen LogP contribution in [0.25, 0.3) is 6.08 Å². The molecule has 1 aliphatic rings. The van der Waals surface area contributed by atoms with E-state index in [4.69, 9.17) is 4.52 Å². The molecule has 1 N–H and O–H groups in total. The first-order valence-electron chi connectivity index (χ1n) is 8.74. The van der Waals surface area contributed by atoms with Gasteiger partial charge in [-0.2, -0.15) is 4.31 Å². The summed E-state index contributed by atoms with van der Waals surface area (Å²) in [6.07, 6.45) is 3.43. The van der Waals surface area contributed by atoms with Crippen molar-refractivity contribution in [2.45, 2.75) is 11.8 Å². The quantitative estimate of drug-likeness (QED) is 0.809. The SMILES string of the molecule is Cc1noc(C=C[NH+](C)C)c1S(=O)(=O)N1CCN(c2ccc(F)cc2)CC1. The van der Waals surface area contributed by atoms with E-state index in [2.05, 4.69) is 5.16 Å². The molecule has 2 heterocycles. The minimum absolute atomic E-state index is 0.121. The number of sulfonamides is 1. The number of aromatic nitrogens is 1. The summed E-state index contributed by atoms with van der Waals surface area (Å²) in [5, 5.41) is 3.84. The van der Waals surface area contributed by atoms with Crippen molar-refractivity contribution < 1.29 is 22.2 Å². The van der Waals surface area contributed by atoms with E-state index in [1.807, 2.05) is 19.0 Å². The minimum atomic E-state index is -3.71. The maximum Gasteiger partial charge on any atom is 0.248 e. The monoisotopic (exact) mass is 395 g/mol. The Bertz CT molecular complexity index is 915. The average molecular weight is 395 g/mol. The number of nitrogens with zero attached hydrogens (tertiary/aromatic N) is 3. The van der Waals surface area contributed by atoms with Gasteiger partial charge in [-0.25, -0.2) is 12.8 Å². The van der Waals surface area contributed by atoms with Crippen LogP contribution in [0.5, 0.6) is 0 Å². The van der Waals surface area contributed by atoms with Crippen molar-refractivity contribution in [1.29, 1.82) is 0 Å². The number of piperazine rings is 1. The summed E-state index contributed by atoms with van der Waals surface area (Å²) in [6.45, 7) is 3.37. The summed E-state index contributed by atoms with van der Waals surface area (Å²) >= 11 is 0. The van der Waals surface area contributed by atoms with Crippen LogP contribution < -0.4 is 9.80 Å². The normalized spacial score (nSPS) is 16.6. The van der Waals surface area contributed by atoms with Gasteiger partial charge in [0.05, 0.1) is 20.3 Å². The van der Waals surface area contributed by atoms with E-state index < -0.39 is 10.0 Å². The van der Waals surface area contributed by atoms with Crippen LogP contribution in [0.15, 0.2) is 39.9 Å². The van der Waals surface area contributed by atoms with Gasteiger partial charge in [0, 0.05) is 37.9 Å². The fraction of sp³-hybridized carbons (Fsp3) is 0.389. The van der Waals surface area contributed by atoms with Gasteiger partial charge in [-0.3, -0.25) is 0 Å². The molecule has 27 heavy (non-hydrogen) atoms. The Morgan fingerprint density at radius 3 is 2.37 bits per heavy atom. The highest BCUT2D eigenvalue weighted by molar-refractivity contribution is 7.89. The molecule has 2 aromatic rings. The molecule has 0 unspecified atom stereocenters. The van der Waals surface area contributed by atoms with Crippen molar-refractivity contribution in [3.05, 3.63) is 47.7 Å². The van der Waals surface area contributed by atoms with Crippen LogP contribution in [0.2, 0.25) is 0 Å². The number of halogens is 1. The van der Waals surface area contributed by atoms with Crippen molar-refractivity contribution in [3.63, 3.8) is 0 Å². The van der Waals surface area contributed by atoms with Crippen molar-refractivity contribution in [1.82, 2.24) is 9.46 Å². The summed E-state index contributed by atoms with van der Waals surface area (Å²) in [5.74, 6) is -0.0438. The Labute approximate surface area is 158 Å². The lowest BCUT2D eigenvalue weighted by Crippen LogP contribution is -3.00. The van der Waals surface area contributed by atoms with Crippen molar-refractivity contribution in [2.24, 2.45) is 0 Å². The first kappa shape index (κ1) is 19.5. The van der Waals surface area contributed by atoms with Gasteiger partial charge in [0.1, 0.15) is 11.5 Å². The molecule has 0 aliphatic carbocycles. The fourth-order valence-corrected chi connectivity index (χ4v) is 4.68. The third-order valence-electron chi connectivity index (χ3n) is 4.43. The molecule has 0 radical (unpaired) electrons. The van der Waals surface area contributed by atoms with Gasteiger partial charge in [-0.1, -0.05) is 5.16 Å². The molecule has 0 spiro atoms. The van der Waals surface area contributed by atoms with Crippen LogP contribution in [-0.2, 0) is 10.0 Å². The lowest BCUT2D eigenvalue weighted by atomic mass is 10.2. The smallest absolute Gasteiger partial charge is 0.248 e. The van der Waals surface area contributed by atoms with Crippen molar-refractivity contribution in [3.8, 4) is 0 Å². The van der Waals surface area contributed by atoms with E-state index in [-0.39, 0.29) is 16.5 Å². The zero-order valence-electron chi connectivity index (χ0n) is 15.6. The highest BCUT2D eigenvalue weighted by Gasteiger charge is 2.34. The summed E-state index contributed by atoms with van der Waals surface area (Å²) < 4.78 is 46.0. The van der Waals surface area contributed by atoms with Crippen LogP contribution in [0, 0.1) is 12.7 Å². The highest BCUT2D eigenvalue weighted by Crippen LogP contribution is 2.26. The molecule has 1 aromatic heterocycles. The number of rotatable bonds is 5. The number of hydrogen-bond acceptors (Lipinski definition) is 5. The maximum absolute atomic E-state index is 13.1. The molecule has 0 bridgehead atoms. The van der Waals surface area contributed by atoms with Crippen LogP contribution in [-0.4, -0.2) is 58.2 Å². The van der Waals surface area contributed by atoms with Crippen LogP contribution in [0.4, 0.5) is 10.1 Å². The molecule has 0 amide bonds. The van der Waals surface area contributed by atoms with Crippen LogP contribution >= 0.6 is 0 Å². The Balaban J connectivity index is 1.78. The zero-order chi connectivity index (χ0) is 19.6. The Kier molecular flexibility index (Phi) is 5.64. The first-order chi connectivity index (χ1) is 12.8. The fourth-order valence-electron chi connectivity index (χ4n) is 3.01. The molecule has 7 nitrogen and oxygen atoms in total. The lowest BCUT2D eigenvalue weighted by Gasteiger charge is -2.35. The predicted molar refractivity (Wildman–Crippen MR) is 100 cm³/mol. The Morgan fingerprint density at radius 1 is 1.15 bits per heavy atom. The van der Waals surface area contributed by atoms with Gasteiger partial charge in [-0.15, -0.1) is 0 Å². The molecule has 1 fully saturated rings. The average Bonchev–Trinajstić information content (AvgIpc) is 3.02. The van der Waals surface area contributed by atoms with E-state index in [1.165, 1.54) is 16.4 Å². The summed E-state index contributed by atoms with van der Waals surface area (Å²) in [7, 11) is 0.128. The van der Waals surface area contributed by atoms with Crippen LogP contribution in [0.3, 0.4) is 0 Å². The van der Waals surface area contributed by atoms with Crippen LogP contribution in [0.1, 0.15) is 11.5 Å². The molecule has 146 valence electrons. The molecule has 1 aliphatic heterocycles. The topological polar surface area (TPSA) is 71.1 Å². The molecule has 1 aromatic carbocycles. The van der Waals surface area contributed by atoms with Gasteiger partial charge in [0.25, 0.3) is 0 Å². The second-order valence-electron chi connectivity index (χ2n) is 6.74. The zero-order valence-corrected chi connectivity index (χ0v) is 16.5. The predicted octanol–water partition coefficient (Wildman–Crippen LogP) is 0.748. The Hall–Kier alpha value is -2.23. The van der Waals surface area contributed by atoms with Gasteiger partial charge in [0.15, 0.2) is 10.7 Å². The second kappa shape index (κ2) is 7.79. The Morgan fingerprint density at radius 2 is 1.78 bits per heavy atom. The van der Waals surface area contributed by atoms with Gasteiger partial charge in [0.2, 0.25) is 10.0 Å². The van der Waals surface area contributed by atoms with E-state index in [9.17, 15) is 12.8 Å². The van der Waals surface area contributed by atoms with Crippen molar-refractivity contribution in [2.75, 3.05) is 45.2 Å². The number of anilines is 1. The minimum Gasteiger partial charge on any atom is -0.369 e. The molecule has 3 rings (SSSR count). The van der Waals surface area contributed by atoms with E-state index in [0.29, 0.717) is 31.9 Å². The van der Waals surface area contributed by atoms with E-state index >= 15 is 0 Å². The molecule has 1 saturated heterocycles. The van der Waals surface area contributed by atoms with Gasteiger partial charge < -0.3 is 14.3 Å². The molecular formula is C18H24FN4O3S+. The van der Waals surface area contributed by atoms with Crippen molar-refractivity contribution >= 4 is 21.8 Å². The maximum atomic E-state index is 13.1. The molecule has 0 saturated carbocycles. The third-order valence-corrected chi connectivity index (χ3v) is 6.49. The molecule has 9 heteroatoms. The number of benzene rings is 1. The number of hydrogen-bond donors (Lipinski definition) is 1. The summed E-state index contributed by atoms with van der Waals surface area (Å²) in [4.78, 5) is 3.19.